The number of fused-ring (bicyclic) bond motifs is 1. The Labute approximate surface area is 200 Å². The molecular weight excluding hydrogens is 430 g/mol. The second-order valence-corrected chi connectivity index (χ2v) is 8.89. The minimum atomic E-state index is -0.966. The molecule has 1 aliphatic heterocycles. The summed E-state index contributed by atoms with van der Waals surface area (Å²) in [6, 6.07) is 14.1. The highest BCUT2D eigenvalue weighted by molar-refractivity contribution is 5.78. The van der Waals surface area contributed by atoms with Crippen LogP contribution in [0.3, 0.4) is 0 Å². The van der Waals surface area contributed by atoms with Crippen molar-refractivity contribution in [1.29, 1.82) is 0 Å². The van der Waals surface area contributed by atoms with Crippen molar-refractivity contribution in [3.8, 4) is 5.75 Å². The van der Waals surface area contributed by atoms with Crippen LogP contribution < -0.4 is 15.4 Å². The van der Waals surface area contributed by atoms with Gasteiger partial charge in [-0.3, -0.25) is 0 Å². The molecule has 7 heteroatoms. The molecule has 180 valence electrons. The van der Waals surface area contributed by atoms with E-state index >= 15 is 0 Å². The second kappa shape index (κ2) is 11.7. The number of para-hydroxylation sites is 2. The summed E-state index contributed by atoms with van der Waals surface area (Å²) in [5, 5.41) is 16.1. The van der Waals surface area contributed by atoms with Gasteiger partial charge in [-0.05, 0) is 74.5 Å². The summed E-state index contributed by atoms with van der Waals surface area (Å²) in [4.78, 5) is 16.2. The van der Waals surface area contributed by atoms with Crippen LogP contribution in [0.15, 0.2) is 59.5 Å². The van der Waals surface area contributed by atoms with Crippen LogP contribution in [0, 0.1) is 5.92 Å². The second-order valence-electron chi connectivity index (χ2n) is 8.89. The fraction of sp³-hybridized carbons (Fsp3) is 0.407. The Balaban J connectivity index is 1.24. The number of piperidine rings is 1. The van der Waals surface area contributed by atoms with E-state index in [1.54, 1.807) is 0 Å². The van der Waals surface area contributed by atoms with E-state index in [2.05, 4.69) is 22.2 Å². The highest BCUT2D eigenvalue weighted by Gasteiger charge is 2.21. The minimum Gasteiger partial charge on any atom is -0.494 e. The van der Waals surface area contributed by atoms with Crippen molar-refractivity contribution >= 4 is 22.8 Å². The van der Waals surface area contributed by atoms with Gasteiger partial charge in [0, 0.05) is 6.42 Å². The summed E-state index contributed by atoms with van der Waals surface area (Å²) in [5.74, 6) is 0.985. The summed E-state index contributed by atoms with van der Waals surface area (Å²) >= 11 is 0. The monoisotopic (exact) mass is 463 g/mol. The van der Waals surface area contributed by atoms with E-state index in [9.17, 15) is 9.90 Å². The molecule has 0 unspecified atom stereocenters. The molecule has 1 atom stereocenters. The number of ether oxygens (including phenoxy) is 1. The predicted molar refractivity (Wildman–Crippen MR) is 133 cm³/mol. The Hall–Kier alpha value is -3.32. The molecule has 3 N–H and O–H groups in total. The predicted octanol–water partition coefficient (Wildman–Crippen LogP) is 4.63. The molecule has 0 radical (unpaired) electrons. The number of aliphatic carboxylic acids is 1. The lowest BCUT2D eigenvalue weighted by Crippen LogP contribution is -2.37. The largest absolute Gasteiger partial charge is 0.494 e. The zero-order chi connectivity index (χ0) is 23.8. The number of carboxylic acid groups (broad SMARTS) is 1. The Kier molecular flexibility index (Phi) is 8.20. The van der Waals surface area contributed by atoms with Gasteiger partial charge >= 0.3 is 5.97 Å². The number of oxazole rings is 1. The van der Waals surface area contributed by atoms with E-state index in [1.807, 2.05) is 48.5 Å². The molecule has 1 aromatic heterocycles. The molecule has 3 aromatic rings. The number of hydrogen-bond donors (Lipinski definition) is 3. The normalized spacial score (nSPS) is 15.2. The quantitative estimate of drug-likeness (QED) is 0.337. The van der Waals surface area contributed by atoms with Crippen molar-refractivity contribution < 1.29 is 19.1 Å². The summed E-state index contributed by atoms with van der Waals surface area (Å²) in [7, 11) is 0. The third-order valence-corrected chi connectivity index (χ3v) is 6.30. The topological polar surface area (TPSA) is 96.6 Å². The average Bonchev–Trinajstić information content (AvgIpc) is 3.29. The van der Waals surface area contributed by atoms with E-state index in [-0.39, 0.29) is 5.89 Å². The van der Waals surface area contributed by atoms with Gasteiger partial charge in [0.1, 0.15) is 17.3 Å². The fourth-order valence-corrected chi connectivity index (χ4v) is 4.33. The molecule has 0 saturated carbocycles. The summed E-state index contributed by atoms with van der Waals surface area (Å²) < 4.78 is 11.6. The zero-order valence-electron chi connectivity index (χ0n) is 19.5. The lowest BCUT2D eigenvalue weighted by atomic mass is 9.93. The van der Waals surface area contributed by atoms with Gasteiger partial charge in [0.15, 0.2) is 5.58 Å². The smallest absolute Gasteiger partial charge is 0.326 e. The van der Waals surface area contributed by atoms with E-state index in [0.717, 1.165) is 36.7 Å². The Morgan fingerprint density at radius 3 is 2.68 bits per heavy atom. The highest BCUT2D eigenvalue weighted by Crippen LogP contribution is 2.21. The van der Waals surface area contributed by atoms with Gasteiger partial charge in [-0.25, -0.2) is 9.78 Å². The molecule has 7 nitrogen and oxygen atoms in total. The first-order valence-electron chi connectivity index (χ1n) is 12.0. The lowest BCUT2D eigenvalue weighted by Gasteiger charge is -2.22. The molecule has 2 aromatic carbocycles. The number of carbonyl (C=O) groups is 1. The maximum atomic E-state index is 11.8. The van der Waals surface area contributed by atoms with E-state index in [0.29, 0.717) is 29.8 Å². The maximum absolute atomic E-state index is 11.8. The zero-order valence-corrected chi connectivity index (χ0v) is 19.5. The van der Waals surface area contributed by atoms with Crippen LogP contribution in [-0.4, -0.2) is 41.8 Å². The number of unbranched alkanes of at least 4 members (excludes halogenated alkanes) is 1. The molecule has 0 amide bonds. The van der Waals surface area contributed by atoms with Crippen LogP contribution in [-0.2, 0) is 11.2 Å². The summed E-state index contributed by atoms with van der Waals surface area (Å²) in [6.45, 7) is 6.92. The van der Waals surface area contributed by atoms with Crippen molar-refractivity contribution in [1.82, 2.24) is 15.6 Å². The molecule has 2 heterocycles. The Bertz CT molecular complexity index is 1050. The Morgan fingerprint density at radius 2 is 1.94 bits per heavy atom. The number of carboxylic acids is 1. The summed E-state index contributed by atoms with van der Waals surface area (Å²) in [6.07, 6.45) is 6.40. The van der Waals surface area contributed by atoms with Crippen molar-refractivity contribution in [2.75, 3.05) is 19.7 Å². The number of hydrogen-bond acceptors (Lipinski definition) is 6. The van der Waals surface area contributed by atoms with Crippen LogP contribution in [0.1, 0.15) is 43.6 Å². The number of aromatic nitrogens is 1. The Morgan fingerprint density at radius 1 is 1.18 bits per heavy atom. The van der Waals surface area contributed by atoms with Crippen molar-refractivity contribution in [3.63, 3.8) is 0 Å². The number of benzene rings is 2. The molecule has 1 saturated heterocycles. The standard InChI is InChI=1S/C27H33N3O4/c1-19(26-30-23-7-2-3-8-25(23)34-26)29-24(27(31)32)18-21-9-11-22(12-10-21)33-17-5-4-6-20-13-15-28-16-14-20/h2-3,7-12,20,24,28-29H,1,4-6,13-18H2,(H,31,32)/t24-/m0/s1. The van der Waals surface area contributed by atoms with E-state index in [4.69, 9.17) is 9.15 Å². The van der Waals surface area contributed by atoms with Gasteiger partial charge in [0.05, 0.1) is 12.3 Å². The summed E-state index contributed by atoms with van der Waals surface area (Å²) in [5.41, 5.74) is 2.57. The van der Waals surface area contributed by atoms with Crippen LogP contribution in [0.2, 0.25) is 0 Å². The fourth-order valence-electron chi connectivity index (χ4n) is 4.33. The van der Waals surface area contributed by atoms with Crippen LogP contribution >= 0.6 is 0 Å². The number of rotatable bonds is 12. The van der Waals surface area contributed by atoms with Crippen molar-refractivity contribution in [2.45, 2.75) is 44.6 Å². The molecule has 0 spiro atoms. The van der Waals surface area contributed by atoms with E-state index in [1.165, 1.54) is 25.7 Å². The molecule has 1 fully saturated rings. The van der Waals surface area contributed by atoms with Gasteiger partial charge < -0.3 is 24.9 Å². The third kappa shape index (κ3) is 6.60. The molecule has 0 aliphatic carbocycles. The minimum absolute atomic E-state index is 0.288. The molecular formula is C27H33N3O4. The van der Waals surface area contributed by atoms with Crippen LogP contribution in [0.4, 0.5) is 0 Å². The molecule has 4 rings (SSSR count). The van der Waals surface area contributed by atoms with Gasteiger partial charge in [0.2, 0.25) is 5.89 Å². The molecule has 34 heavy (non-hydrogen) atoms. The number of nitrogens with zero attached hydrogens (tertiary/aromatic N) is 1. The average molecular weight is 464 g/mol. The number of nitrogens with one attached hydrogen (secondary N) is 2. The molecule has 1 aliphatic rings. The van der Waals surface area contributed by atoms with Gasteiger partial charge in [-0.1, -0.05) is 37.3 Å². The van der Waals surface area contributed by atoms with Crippen molar-refractivity contribution in [3.05, 3.63) is 66.6 Å². The van der Waals surface area contributed by atoms with Crippen LogP contribution in [0.25, 0.3) is 16.8 Å². The van der Waals surface area contributed by atoms with Gasteiger partial charge in [-0.15, -0.1) is 0 Å². The van der Waals surface area contributed by atoms with Gasteiger partial charge in [0.25, 0.3) is 0 Å². The lowest BCUT2D eigenvalue weighted by molar-refractivity contribution is -0.139. The highest BCUT2D eigenvalue weighted by atomic mass is 16.5. The van der Waals surface area contributed by atoms with Crippen molar-refractivity contribution in [2.24, 2.45) is 5.92 Å². The SMILES string of the molecule is C=C(N[C@@H](Cc1ccc(OCCCCC2CCNCC2)cc1)C(=O)O)c1nc2ccccc2o1. The first-order valence-corrected chi connectivity index (χ1v) is 12.0. The first kappa shape index (κ1) is 23.8. The van der Waals surface area contributed by atoms with E-state index < -0.39 is 12.0 Å². The van der Waals surface area contributed by atoms with Crippen LogP contribution in [0.5, 0.6) is 5.75 Å². The third-order valence-electron chi connectivity index (χ3n) is 6.30. The molecule has 0 bridgehead atoms. The maximum Gasteiger partial charge on any atom is 0.326 e. The first-order chi connectivity index (χ1) is 16.6. The van der Waals surface area contributed by atoms with Gasteiger partial charge in [-0.2, -0.15) is 0 Å².